The summed E-state index contributed by atoms with van der Waals surface area (Å²) in [5.74, 6) is -0.562. The van der Waals surface area contributed by atoms with Crippen LogP contribution in [0.4, 0.5) is 5.69 Å². The van der Waals surface area contributed by atoms with Gasteiger partial charge in [0.1, 0.15) is 6.07 Å². The van der Waals surface area contributed by atoms with E-state index < -0.39 is 5.91 Å². The van der Waals surface area contributed by atoms with Crippen molar-refractivity contribution in [2.75, 3.05) is 12.4 Å². The smallest absolute Gasteiger partial charge is 0.250 e. The molecule has 6 heteroatoms. The molecule has 26 heavy (non-hydrogen) atoms. The second-order valence-electron chi connectivity index (χ2n) is 5.56. The van der Waals surface area contributed by atoms with Gasteiger partial charge in [0.05, 0.1) is 28.0 Å². The standard InChI is InChI=1S/C20H17N5O/c1-23-12-17(13-6-3-2-4-7-13)25-18-14(10-21)11-24-19-15(18)8-5-9-16(19)20(22)26/h2-9,11-12,23H,1H3,(H2,22,26)(H,24,25)/b17-12+. The number of pyridine rings is 1. The Morgan fingerprint density at radius 3 is 2.62 bits per heavy atom. The number of amides is 1. The number of para-hydroxylation sites is 1. The summed E-state index contributed by atoms with van der Waals surface area (Å²) in [6.45, 7) is 0. The SMILES string of the molecule is CN/C=C(/Nc1c(C#N)cnc2c(C(N)=O)cccc12)c1ccccc1. The number of benzene rings is 2. The van der Waals surface area contributed by atoms with Crippen molar-refractivity contribution in [3.8, 4) is 6.07 Å². The number of hydrogen-bond acceptors (Lipinski definition) is 5. The topological polar surface area (TPSA) is 104 Å². The van der Waals surface area contributed by atoms with Crippen LogP contribution in [0.15, 0.2) is 60.9 Å². The van der Waals surface area contributed by atoms with E-state index in [1.54, 1.807) is 31.4 Å². The van der Waals surface area contributed by atoms with Gasteiger partial charge in [0.2, 0.25) is 0 Å². The maximum absolute atomic E-state index is 11.7. The number of fused-ring (bicyclic) bond motifs is 1. The minimum absolute atomic E-state index is 0.314. The molecule has 0 bridgehead atoms. The molecule has 0 atom stereocenters. The molecule has 0 spiro atoms. The molecule has 0 radical (unpaired) electrons. The van der Waals surface area contributed by atoms with E-state index in [4.69, 9.17) is 5.73 Å². The fourth-order valence-electron chi connectivity index (χ4n) is 2.73. The van der Waals surface area contributed by atoms with Crippen LogP contribution in [-0.4, -0.2) is 17.9 Å². The van der Waals surface area contributed by atoms with E-state index >= 15 is 0 Å². The fraction of sp³-hybridized carbons (Fsp3) is 0.0500. The first-order valence-corrected chi connectivity index (χ1v) is 7.97. The molecule has 1 aromatic heterocycles. The van der Waals surface area contributed by atoms with Gasteiger partial charge >= 0.3 is 0 Å². The molecule has 0 saturated carbocycles. The number of nitrogens with zero attached hydrogens (tertiary/aromatic N) is 2. The minimum atomic E-state index is -0.562. The van der Waals surface area contributed by atoms with Gasteiger partial charge in [0.25, 0.3) is 5.91 Å². The second-order valence-corrected chi connectivity index (χ2v) is 5.56. The Hall–Kier alpha value is -3.85. The molecule has 0 fully saturated rings. The van der Waals surface area contributed by atoms with Crippen molar-refractivity contribution in [1.29, 1.82) is 5.26 Å². The van der Waals surface area contributed by atoms with Gasteiger partial charge < -0.3 is 16.4 Å². The van der Waals surface area contributed by atoms with E-state index in [2.05, 4.69) is 21.7 Å². The highest BCUT2D eigenvalue weighted by molar-refractivity contribution is 6.09. The van der Waals surface area contributed by atoms with Gasteiger partial charge in [0, 0.05) is 24.8 Å². The Labute approximate surface area is 151 Å². The van der Waals surface area contributed by atoms with E-state index in [9.17, 15) is 10.1 Å². The Morgan fingerprint density at radius 1 is 1.19 bits per heavy atom. The van der Waals surface area contributed by atoms with Gasteiger partial charge in [0.15, 0.2) is 0 Å². The molecule has 6 nitrogen and oxygen atoms in total. The maximum Gasteiger partial charge on any atom is 0.250 e. The van der Waals surface area contributed by atoms with E-state index in [1.165, 1.54) is 6.20 Å². The highest BCUT2D eigenvalue weighted by Gasteiger charge is 2.15. The van der Waals surface area contributed by atoms with Crippen LogP contribution in [0.25, 0.3) is 16.6 Å². The predicted molar refractivity (Wildman–Crippen MR) is 102 cm³/mol. The monoisotopic (exact) mass is 343 g/mol. The number of hydrogen-bond donors (Lipinski definition) is 3. The number of aromatic nitrogens is 1. The van der Waals surface area contributed by atoms with Gasteiger partial charge in [-0.05, 0) is 11.6 Å². The summed E-state index contributed by atoms with van der Waals surface area (Å²) >= 11 is 0. The molecule has 128 valence electrons. The maximum atomic E-state index is 11.7. The number of anilines is 1. The molecule has 0 aliphatic rings. The van der Waals surface area contributed by atoms with Crippen LogP contribution in [0.1, 0.15) is 21.5 Å². The minimum Gasteiger partial charge on any atom is -0.392 e. The van der Waals surface area contributed by atoms with Crippen molar-refractivity contribution in [3.63, 3.8) is 0 Å². The Bertz CT molecular complexity index is 1040. The number of nitrogens with two attached hydrogens (primary N) is 1. The number of carbonyl (C=O) groups is 1. The number of nitriles is 1. The van der Waals surface area contributed by atoms with Crippen LogP contribution in [0, 0.1) is 11.3 Å². The molecular formula is C20H17N5O. The van der Waals surface area contributed by atoms with Crippen molar-refractivity contribution in [1.82, 2.24) is 10.3 Å². The molecule has 1 amide bonds. The average Bonchev–Trinajstić information content (AvgIpc) is 2.67. The fourth-order valence-corrected chi connectivity index (χ4v) is 2.73. The normalized spacial score (nSPS) is 11.0. The van der Waals surface area contributed by atoms with E-state index in [1.807, 2.05) is 30.3 Å². The summed E-state index contributed by atoms with van der Waals surface area (Å²) in [6.07, 6.45) is 3.25. The molecule has 0 aliphatic carbocycles. The Morgan fingerprint density at radius 2 is 1.96 bits per heavy atom. The van der Waals surface area contributed by atoms with Crippen LogP contribution >= 0.6 is 0 Å². The number of nitrogens with one attached hydrogen (secondary N) is 2. The van der Waals surface area contributed by atoms with Crippen molar-refractivity contribution < 1.29 is 4.79 Å². The van der Waals surface area contributed by atoms with E-state index in [0.29, 0.717) is 27.7 Å². The summed E-state index contributed by atoms with van der Waals surface area (Å²) in [4.78, 5) is 16.0. The lowest BCUT2D eigenvalue weighted by molar-refractivity contribution is 0.100. The van der Waals surface area contributed by atoms with Gasteiger partial charge in [-0.1, -0.05) is 42.5 Å². The predicted octanol–water partition coefficient (Wildman–Crippen LogP) is 2.84. The average molecular weight is 343 g/mol. The number of rotatable bonds is 5. The van der Waals surface area contributed by atoms with Crippen molar-refractivity contribution in [3.05, 3.63) is 77.6 Å². The van der Waals surface area contributed by atoms with E-state index in [-0.39, 0.29) is 0 Å². The molecule has 0 unspecified atom stereocenters. The van der Waals surface area contributed by atoms with Crippen LogP contribution in [-0.2, 0) is 0 Å². The van der Waals surface area contributed by atoms with Gasteiger partial charge in [-0.2, -0.15) is 5.26 Å². The highest BCUT2D eigenvalue weighted by atomic mass is 16.1. The first-order chi connectivity index (χ1) is 12.7. The first-order valence-electron chi connectivity index (χ1n) is 7.97. The lowest BCUT2D eigenvalue weighted by Crippen LogP contribution is -2.12. The molecule has 1 heterocycles. The van der Waals surface area contributed by atoms with Gasteiger partial charge in [-0.15, -0.1) is 0 Å². The van der Waals surface area contributed by atoms with E-state index in [0.717, 1.165) is 11.3 Å². The summed E-state index contributed by atoms with van der Waals surface area (Å²) in [5.41, 5.74) is 8.90. The van der Waals surface area contributed by atoms with Gasteiger partial charge in [-0.25, -0.2) is 0 Å². The third kappa shape index (κ3) is 3.19. The van der Waals surface area contributed by atoms with Crippen molar-refractivity contribution in [2.24, 2.45) is 5.73 Å². The third-order valence-corrected chi connectivity index (χ3v) is 3.92. The highest BCUT2D eigenvalue weighted by Crippen LogP contribution is 2.30. The van der Waals surface area contributed by atoms with Crippen LogP contribution < -0.4 is 16.4 Å². The lowest BCUT2D eigenvalue weighted by Gasteiger charge is -2.15. The van der Waals surface area contributed by atoms with Crippen LogP contribution in [0.5, 0.6) is 0 Å². The zero-order valence-corrected chi connectivity index (χ0v) is 14.2. The number of primary amides is 1. The summed E-state index contributed by atoms with van der Waals surface area (Å²) < 4.78 is 0. The van der Waals surface area contributed by atoms with Crippen LogP contribution in [0.2, 0.25) is 0 Å². The molecule has 2 aromatic carbocycles. The Balaban J connectivity index is 2.20. The molecule has 3 rings (SSSR count). The number of carbonyl (C=O) groups excluding carboxylic acids is 1. The Kier molecular flexibility index (Phi) is 4.81. The summed E-state index contributed by atoms with van der Waals surface area (Å²) in [5, 5.41) is 16.5. The molecule has 4 N–H and O–H groups in total. The molecule has 0 aliphatic heterocycles. The molecular weight excluding hydrogens is 326 g/mol. The summed E-state index contributed by atoms with van der Waals surface area (Å²) in [7, 11) is 1.80. The molecule has 3 aromatic rings. The zero-order valence-electron chi connectivity index (χ0n) is 14.2. The third-order valence-electron chi connectivity index (χ3n) is 3.92. The van der Waals surface area contributed by atoms with Crippen molar-refractivity contribution in [2.45, 2.75) is 0 Å². The molecule has 0 saturated heterocycles. The van der Waals surface area contributed by atoms with Crippen molar-refractivity contribution >= 4 is 28.2 Å². The lowest BCUT2D eigenvalue weighted by atomic mass is 10.0. The van der Waals surface area contributed by atoms with Gasteiger partial charge in [-0.3, -0.25) is 9.78 Å². The summed E-state index contributed by atoms with van der Waals surface area (Å²) in [6, 6.07) is 17.0. The quantitative estimate of drug-likeness (QED) is 0.661. The van der Waals surface area contributed by atoms with Crippen LogP contribution in [0.3, 0.4) is 0 Å². The second kappa shape index (κ2) is 7.36. The zero-order chi connectivity index (χ0) is 18.5. The first kappa shape index (κ1) is 17.0. The largest absolute Gasteiger partial charge is 0.392 e.